The zero-order chi connectivity index (χ0) is 14.8. The van der Waals surface area contributed by atoms with Crippen molar-refractivity contribution in [2.45, 2.75) is 53.0 Å². The Morgan fingerprint density at radius 3 is 2.21 bits per heavy atom. The van der Waals surface area contributed by atoms with Crippen molar-refractivity contribution in [1.82, 2.24) is 0 Å². The summed E-state index contributed by atoms with van der Waals surface area (Å²) in [7, 11) is 1.67. The SMILES string of the molecule is COc1c(NC(C)C)cc(C(C)=O)cc1C(C)(C)C. The third-order valence-electron chi connectivity index (χ3n) is 2.95. The molecule has 3 nitrogen and oxygen atoms in total. The highest BCUT2D eigenvalue weighted by molar-refractivity contribution is 5.96. The van der Waals surface area contributed by atoms with Crippen LogP contribution in [-0.4, -0.2) is 18.9 Å². The number of anilines is 1. The monoisotopic (exact) mass is 263 g/mol. The fraction of sp³-hybridized carbons (Fsp3) is 0.562. The van der Waals surface area contributed by atoms with Crippen LogP contribution in [0, 0.1) is 0 Å². The van der Waals surface area contributed by atoms with Gasteiger partial charge in [-0.2, -0.15) is 0 Å². The number of nitrogens with one attached hydrogen (secondary N) is 1. The summed E-state index contributed by atoms with van der Waals surface area (Å²) in [5.41, 5.74) is 2.57. The lowest BCUT2D eigenvalue weighted by Crippen LogP contribution is -2.17. The average Bonchev–Trinajstić information content (AvgIpc) is 2.25. The van der Waals surface area contributed by atoms with E-state index in [2.05, 4.69) is 39.9 Å². The van der Waals surface area contributed by atoms with E-state index in [1.807, 2.05) is 12.1 Å². The summed E-state index contributed by atoms with van der Waals surface area (Å²) in [6.07, 6.45) is 0. The lowest BCUT2D eigenvalue weighted by Gasteiger charge is -2.26. The van der Waals surface area contributed by atoms with Gasteiger partial charge in [0.1, 0.15) is 5.75 Å². The first-order valence-electron chi connectivity index (χ1n) is 6.66. The van der Waals surface area contributed by atoms with Gasteiger partial charge in [0.05, 0.1) is 12.8 Å². The number of ether oxygens (including phenoxy) is 1. The number of ketones is 1. The summed E-state index contributed by atoms with van der Waals surface area (Å²) in [5, 5.41) is 3.35. The Kier molecular flexibility index (Phi) is 4.61. The molecule has 19 heavy (non-hydrogen) atoms. The molecule has 0 unspecified atom stereocenters. The number of carbonyl (C=O) groups excluding carboxylic acids is 1. The van der Waals surface area contributed by atoms with Crippen LogP contribution in [0.1, 0.15) is 57.5 Å². The first kappa shape index (κ1) is 15.5. The van der Waals surface area contributed by atoms with E-state index in [4.69, 9.17) is 4.74 Å². The van der Waals surface area contributed by atoms with Crippen LogP contribution >= 0.6 is 0 Å². The minimum absolute atomic E-state index is 0.0694. The molecule has 1 N–H and O–H groups in total. The van der Waals surface area contributed by atoms with Crippen molar-refractivity contribution in [3.05, 3.63) is 23.3 Å². The molecule has 0 fully saturated rings. The third-order valence-corrected chi connectivity index (χ3v) is 2.95. The van der Waals surface area contributed by atoms with Crippen LogP contribution in [0.2, 0.25) is 0 Å². The van der Waals surface area contributed by atoms with Gasteiger partial charge in [-0.25, -0.2) is 0 Å². The maximum Gasteiger partial charge on any atom is 0.159 e. The zero-order valence-electron chi connectivity index (χ0n) is 13.0. The van der Waals surface area contributed by atoms with E-state index in [0.717, 1.165) is 17.0 Å². The highest BCUT2D eigenvalue weighted by Gasteiger charge is 2.23. The van der Waals surface area contributed by atoms with E-state index in [1.54, 1.807) is 14.0 Å². The Bertz CT molecular complexity index is 470. The molecule has 1 aromatic carbocycles. The summed E-state index contributed by atoms with van der Waals surface area (Å²) in [6.45, 7) is 12.1. The van der Waals surface area contributed by atoms with Crippen LogP contribution < -0.4 is 10.1 Å². The van der Waals surface area contributed by atoms with Crippen LogP contribution in [0.5, 0.6) is 5.75 Å². The first-order chi connectivity index (χ1) is 8.66. The Labute approximate surface area is 116 Å². The van der Waals surface area contributed by atoms with Gasteiger partial charge in [0.15, 0.2) is 5.78 Å². The van der Waals surface area contributed by atoms with Crippen molar-refractivity contribution in [3.8, 4) is 5.75 Å². The zero-order valence-corrected chi connectivity index (χ0v) is 13.0. The topological polar surface area (TPSA) is 38.3 Å². The molecule has 0 atom stereocenters. The molecule has 0 aromatic heterocycles. The molecule has 1 rings (SSSR count). The largest absolute Gasteiger partial charge is 0.494 e. The molecule has 0 amide bonds. The van der Waals surface area contributed by atoms with Gasteiger partial charge < -0.3 is 10.1 Å². The second kappa shape index (κ2) is 5.64. The highest BCUT2D eigenvalue weighted by Crippen LogP contribution is 2.38. The minimum atomic E-state index is -0.0792. The van der Waals surface area contributed by atoms with E-state index in [1.165, 1.54) is 0 Å². The van der Waals surface area contributed by atoms with Crippen molar-refractivity contribution in [2.24, 2.45) is 0 Å². The molecule has 0 saturated carbocycles. The van der Waals surface area contributed by atoms with Gasteiger partial charge in [0.2, 0.25) is 0 Å². The van der Waals surface area contributed by atoms with Gasteiger partial charge in [0, 0.05) is 17.2 Å². The number of hydrogen-bond donors (Lipinski definition) is 1. The Hall–Kier alpha value is -1.51. The fourth-order valence-corrected chi connectivity index (χ4v) is 2.03. The van der Waals surface area contributed by atoms with Crippen molar-refractivity contribution in [2.75, 3.05) is 12.4 Å². The van der Waals surface area contributed by atoms with Gasteiger partial charge in [-0.15, -0.1) is 0 Å². The standard InChI is InChI=1S/C16H25NO2/c1-10(2)17-14-9-12(11(3)18)8-13(15(14)19-7)16(4,5)6/h8-10,17H,1-7H3. The van der Waals surface area contributed by atoms with Gasteiger partial charge >= 0.3 is 0 Å². The van der Waals surface area contributed by atoms with E-state index in [0.29, 0.717) is 5.56 Å². The van der Waals surface area contributed by atoms with Gasteiger partial charge in [-0.1, -0.05) is 20.8 Å². The second-order valence-corrected chi connectivity index (χ2v) is 6.21. The number of benzene rings is 1. The van der Waals surface area contributed by atoms with Crippen LogP contribution in [0.15, 0.2) is 12.1 Å². The fourth-order valence-electron chi connectivity index (χ4n) is 2.03. The molecule has 0 radical (unpaired) electrons. The smallest absolute Gasteiger partial charge is 0.159 e. The molecule has 0 aliphatic rings. The highest BCUT2D eigenvalue weighted by atomic mass is 16.5. The summed E-state index contributed by atoms with van der Waals surface area (Å²) >= 11 is 0. The predicted molar refractivity (Wildman–Crippen MR) is 80.5 cm³/mol. The number of rotatable bonds is 4. The third kappa shape index (κ3) is 3.72. The average molecular weight is 263 g/mol. The van der Waals surface area contributed by atoms with E-state index in [-0.39, 0.29) is 17.2 Å². The molecule has 0 spiro atoms. The van der Waals surface area contributed by atoms with E-state index >= 15 is 0 Å². The van der Waals surface area contributed by atoms with Crippen LogP contribution in [0.3, 0.4) is 0 Å². The van der Waals surface area contributed by atoms with E-state index < -0.39 is 0 Å². The molecule has 0 saturated heterocycles. The summed E-state index contributed by atoms with van der Waals surface area (Å²) in [4.78, 5) is 11.7. The van der Waals surface area contributed by atoms with Crippen molar-refractivity contribution in [1.29, 1.82) is 0 Å². The minimum Gasteiger partial charge on any atom is -0.494 e. The van der Waals surface area contributed by atoms with Crippen LogP contribution in [0.25, 0.3) is 0 Å². The second-order valence-electron chi connectivity index (χ2n) is 6.21. The number of carbonyl (C=O) groups is 1. The maximum atomic E-state index is 11.7. The summed E-state index contributed by atoms with van der Waals surface area (Å²) in [5.74, 6) is 0.895. The molecule has 0 heterocycles. The molecule has 0 aliphatic heterocycles. The Morgan fingerprint density at radius 2 is 1.84 bits per heavy atom. The molecule has 0 bridgehead atoms. The number of hydrogen-bond acceptors (Lipinski definition) is 3. The predicted octanol–water partition coefficient (Wildman–Crippen LogP) is 4.02. The van der Waals surface area contributed by atoms with Gasteiger partial charge in [-0.05, 0) is 38.3 Å². The van der Waals surface area contributed by atoms with Crippen molar-refractivity contribution >= 4 is 11.5 Å². The van der Waals surface area contributed by atoms with E-state index in [9.17, 15) is 4.79 Å². The number of methoxy groups -OCH3 is 1. The first-order valence-corrected chi connectivity index (χ1v) is 6.66. The van der Waals surface area contributed by atoms with Crippen molar-refractivity contribution in [3.63, 3.8) is 0 Å². The Morgan fingerprint density at radius 1 is 1.26 bits per heavy atom. The lowest BCUT2D eigenvalue weighted by atomic mass is 9.84. The molecular formula is C16H25NO2. The lowest BCUT2D eigenvalue weighted by molar-refractivity contribution is 0.101. The van der Waals surface area contributed by atoms with Gasteiger partial charge in [-0.3, -0.25) is 4.79 Å². The quantitative estimate of drug-likeness (QED) is 0.834. The molecule has 106 valence electrons. The Balaban J connectivity index is 3.51. The summed E-state index contributed by atoms with van der Waals surface area (Å²) < 4.78 is 5.56. The van der Waals surface area contributed by atoms with Crippen LogP contribution in [0.4, 0.5) is 5.69 Å². The number of Topliss-reactive ketones (excluding diaryl/α,β-unsaturated/α-hetero) is 1. The summed E-state index contributed by atoms with van der Waals surface area (Å²) in [6, 6.07) is 4.09. The molecule has 3 heteroatoms. The molecule has 0 aliphatic carbocycles. The maximum absolute atomic E-state index is 11.7. The van der Waals surface area contributed by atoms with Crippen LogP contribution in [-0.2, 0) is 5.41 Å². The normalized spacial score (nSPS) is 11.6. The van der Waals surface area contributed by atoms with Crippen molar-refractivity contribution < 1.29 is 9.53 Å². The molecule has 1 aromatic rings. The van der Waals surface area contributed by atoms with Gasteiger partial charge in [0.25, 0.3) is 0 Å². The molecular weight excluding hydrogens is 238 g/mol.